The van der Waals surface area contributed by atoms with Gasteiger partial charge in [-0.05, 0) is 19.1 Å². The maximum absolute atomic E-state index is 12.6. The molecule has 3 rings (SSSR count). The fourth-order valence-electron chi connectivity index (χ4n) is 2.37. The summed E-state index contributed by atoms with van der Waals surface area (Å²) in [7, 11) is -3.80. The molecule has 1 aromatic heterocycles. The molecule has 128 valence electrons. The average Bonchev–Trinajstić information content (AvgIpc) is 2.40. The Morgan fingerprint density at radius 2 is 1.83 bits per heavy atom. The van der Waals surface area contributed by atoms with Gasteiger partial charge in [0.15, 0.2) is 0 Å². The minimum absolute atomic E-state index is 0.0724. The molecule has 0 bridgehead atoms. The van der Waals surface area contributed by atoms with Crippen molar-refractivity contribution in [2.45, 2.75) is 17.9 Å². The van der Waals surface area contributed by atoms with Crippen LogP contribution in [0, 0.1) is 6.92 Å². The first kappa shape index (κ1) is 17.3. The summed E-state index contributed by atoms with van der Waals surface area (Å²) in [5, 5.41) is 0.145. The normalized spacial score (nSPS) is 16.0. The highest BCUT2D eigenvalue weighted by Crippen LogP contribution is 2.33. The van der Waals surface area contributed by atoms with Gasteiger partial charge in [-0.1, -0.05) is 29.3 Å². The van der Waals surface area contributed by atoms with Gasteiger partial charge in [-0.3, -0.25) is 0 Å². The lowest BCUT2D eigenvalue weighted by molar-refractivity contribution is 0.0754. The van der Waals surface area contributed by atoms with Crippen LogP contribution in [0.2, 0.25) is 10.0 Å². The summed E-state index contributed by atoms with van der Waals surface area (Å²) >= 11 is 11.9. The standard InChI is InChI=1S/C15H13Cl2NO5S/c1-9-5-10(6-14(19)22-9)23-11-7-18(8-11)24(20,21)15-12(16)3-2-4-13(15)17/h2-6,11H,7-8H2,1H3. The number of sulfonamides is 1. The maximum Gasteiger partial charge on any atom is 0.339 e. The Hall–Kier alpha value is -1.54. The van der Waals surface area contributed by atoms with Crippen LogP contribution in [0.25, 0.3) is 0 Å². The SMILES string of the molecule is Cc1cc(OC2CN(S(=O)(=O)c3c(Cl)cccc3Cl)C2)cc(=O)o1. The molecule has 0 saturated carbocycles. The molecular weight excluding hydrogens is 377 g/mol. The summed E-state index contributed by atoms with van der Waals surface area (Å²) in [6.07, 6.45) is -0.359. The maximum atomic E-state index is 12.6. The average molecular weight is 390 g/mol. The van der Waals surface area contributed by atoms with E-state index in [1.165, 1.54) is 22.5 Å². The zero-order valence-electron chi connectivity index (χ0n) is 12.5. The van der Waals surface area contributed by atoms with Crippen LogP contribution in [0.3, 0.4) is 0 Å². The first-order valence-corrected chi connectivity index (χ1v) is 9.19. The quantitative estimate of drug-likeness (QED) is 0.803. The summed E-state index contributed by atoms with van der Waals surface area (Å²) in [4.78, 5) is 11.2. The van der Waals surface area contributed by atoms with E-state index < -0.39 is 15.6 Å². The number of hydrogen-bond acceptors (Lipinski definition) is 5. The molecule has 9 heteroatoms. The van der Waals surface area contributed by atoms with Crippen LogP contribution in [0.15, 0.2) is 44.4 Å². The van der Waals surface area contributed by atoms with Gasteiger partial charge in [0.05, 0.1) is 29.2 Å². The Labute approximate surface area is 148 Å². The van der Waals surface area contributed by atoms with Crippen molar-refractivity contribution in [3.8, 4) is 5.75 Å². The highest BCUT2D eigenvalue weighted by molar-refractivity contribution is 7.89. The summed E-state index contributed by atoms with van der Waals surface area (Å²) in [5.74, 6) is 0.769. The van der Waals surface area contributed by atoms with Crippen LogP contribution < -0.4 is 10.4 Å². The Morgan fingerprint density at radius 3 is 2.42 bits per heavy atom. The summed E-state index contributed by atoms with van der Waals surface area (Å²) < 4.78 is 36.9. The Morgan fingerprint density at radius 1 is 1.21 bits per heavy atom. The molecule has 0 spiro atoms. The van der Waals surface area contributed by atoms with E-state index in [2.05, 4.69) is 0 Å². The van der Waals surface area contributed by atoms with Crippen molar-refractivity contribution in [3.63, 3.8) is 0 Å². The zero-order valence-corrected chi connectivity index (χ0v) is 14.9. The topological polar surface area (TPSA) is 76.8 Å². The molecule has 24 heavy (non-hydrogen) atoms. The van der Waals surface area contributed by atoms with E-state index in [1.54, 1.807) is 19.1 Å². The summed E-state index contributed by atoms with van der Waals surface area (Å²) in [6, 6.07) is 7.31. The molecule has 1 aliphatic rings. The van der Waals surface area contributed by atoms with E-state index in [0.29, 0.717) is 11.5 Å². The van der Waals surface area contributed by atoms with Crippen LogP contribution in [-0.4, -0.2) is 31.9 Å². The second-order valence-electron chi connectivity index (χ2n) is 5.34. The third-order valence-electron chi connectivity index (χ3n) is 3.50. The van der Waals surface area contributed by atoms with Gasteiger partial charge in [0.1, 0.15) is 22.5 Å². The zero-order chi connectivity index (χ0) is 17.5. The van der Waals surface area contributed by atoms with Gasteiger partial charge in [-0.2, -0.15) is 4.31 Å². The number of hydrogen-bond donors (Lipinski definition) is 0. The molecule has 0 amide bonds. The third kappa shape index (κ3) is 3.30. The van der Waals surface area contributed by atoms with Gasteiger partial charge in [0.2, 0.25) is 10.0 Å². The Bertz CT molecular complexity index is 915. The van der Waals surface area contributed by atoms with Crippen molar-refractivity contribution in [2.75, 3.05) is 13.1 Å². The third-order valence-corrected chi connectivity index (χ3v) is 6.29. The van der Waals surface area contributed by atoms with Crippen LogP contribution in [0.4, 0.5) is 0 Å². The van der Waals surface area contributed by atoms with Crippen molar-refractivity contribution >= 4 is 33.2 Å². The number of rotatable bonds is 4. The van der Waals surface area contributed by atoms with Crippen molar-refractivity contribution in [2.24, 2.45) is 0 Å². The van der Waals surface area contributed by atoms with Crippen molar-refractivity contribution in [1.29, 1.82) is 0 Å². The van der Waals surface area contributed by atoms with Gasteiger partial charge in [-0.15, -0.1) is 0 Å². The van der Waals surface area contributed by atoms with E-state index in [4.69, 9.17) is 32.4 Å². The molecule has 0 radical (unpaired) electrons. The molecule has 1 fully saturated rings. The van der Waals surface area contributed by atoms with Gasteiger partial charge in [0.25, 0.3) is 0 Å². The molecular formula is C15H13Cl2NO5S. The molecule has 0 unspecified atom stereocenters. The molecule has 2 aromatic rings. The molecule has 1 saturated heterocycles. The number of aryl methyl sites for hydroxylation is 1. The number of ether oxygens (including phenoxy) is 1. The predicted octanol–water partition coefficient (Wildman–Crippen LogP) is 2.71. The lowest BCUT2D eigenvalue weighted by Crippen LogP contribution is -2.56. The summed E-state index contributed by atoms with van der Waals surface area (Å²) in [5.41, 5.74) is -0.517. The second-order valence-corrected chi connectivity index (χ2v) is 8.02. The fraction of sp³-hybridized carbons (Fsp3) is 0.267. The number of halogens is 2. The van der Waals surface area contributed by atoms with E-state index in [-0.39, 0.29) is 34.1 Å². The Kier molecular flexibility index (Phi) is 4.61. The second kappa shape index (κ2) is 6.40. The Balaban J connectivity index is 1.73. The van der Waals surface area contributed by atoms with Gasteiger partial charge < -0.3 is 9.15 Å². The minimum Gasteiger partial charge on any atom is -0.487 e. The van der Waals surface area contributed by atoms with E-state index in [9.17, 15) is 13.2 Å². The van der Waals surface area contributed by atoms with Gasteiger partial charge >= 0.3 is 5.63 Å². The summed E-state index contributed by atoms with van der Waals surface area (Å²) in [6.45, 7) is 1.91. The van der Waals surface area contributed by atoms with E-state index in [0.717, 1.165) is 0 Å². The largest absolute Gasteiger partial charge is 0.487 e. The number of nitrogens with zero attached hydrogens (tertiary/aromatic N) is 1. The lowest BCUT2D eigenvalue weighted by Gasteiger charge is -2.38. The minimum atomic E-state index is -3.80. The molecule has 0 aliphatic carbocycles. The van der Waals surface area contributed by atoms with Crippen LogP contribution in [-0.2, 0) is 10.0 Å². The first-order chi connectivity index (χ1) is 11.3. The first-order valence-electron chi connectivity index (χ1n) is 7.00. The smallest absolute Gasteiger partial charge is 0.339 e. The highest BCUT2D eigenvalue weighted by atomic mass is 35.5. The fourth-order valence-corrected chi connectivity index (χ4v) is 4.96. The molecule has 6 nitrogen and oxygen atoms in total. The number of benzene rings is 1. The molecule has 2 heterocycles. The monoisotopic (exact) mass is 389 g/mol. The van der Waals surface area contributed by atoms with E-state index in [1.807, 2.05) is 0 Å². The van der Waals surface area contributed by atoms with E-state index >= 15 is 0 Å². The van der Waals surface area contributed by atoms with Crippen molar-refractivity contribution in [1.82, 2.24) is 4.31 Å². The van der Waals surface area contributed by atoms with Crippen LogP contribution >= 0.6 is 23.2 Å². The molecule has 0 atom stereocenters. The van der Waals surface area contributed by atoms with Crippen molar-refractivity contribution in [3.05, 3.63) is 56.6 Å². The lowest BCUT2D eigenvalue weighted by atomic mass is 10.2. The highest BCUT2D eigenvalue weighted by Gasteiger charge is 2.40. The van der Waals surface area contributed by atoms with Crippen LogP contribution in [0.5, 0.6) is 5.75 Å². The predicted molar refractivity (Wildman–Crippen MR) is 89.4 cm³/mol. The van der Waals surface area contributed by atoms with Crippen LogP contribution in [0.1, 0.15) is 5.76 Å². The van der Waals surface area contributed by atoms with Gasteiger partial charge in [0, 0.05) is 6.07 Å². The molecule has 1 aromatic carbocycles. The molecule has 1 aliphatic heterocycles. The van der Waals surface area contributed by atoms with Crippen molar-refractivity contribution < 1.29 is 17.6 Å². The molecule has 0 N–H and O–H groups in total. The van der Waals surface area contributed by atoms with Gasteiger partial charge in [-0.25, -0.2) is 13.2 Å².